The number of aliphatic hydroxyl groups excluding tert-OH is 1. The molecule has 0 aromatic carbocycles. The van der Waals surface area contributed by atoms with Crippen molar-refractivity contribution in [3.05, 3.63) is 18.1 Å². The molecular weight excluding hydrogens is 252 g/mol. The van der Waals surface area contributed by atoms with Gasteiger partial charge in [-0.3, -0.25) is 4.90 Å². The van der Waals surface area contributed by atoms with Crippen LogP contribution < -0.4 is 4.90 Å². The number of rotatable bonds is 3. The summed E-state index contributed by atoms with van der Waals surface area (Å²) >= 11 is 0. The predicted octanol–water partition coefficient (Wildman–Crippen LogP) is 1.28. The minimum Gasteiger partial charge on any atom is -0.395 e. The molecule has 20 heavy (non-hydrogen) atoms. The van der Waals surface area contributed by atoms with Crippen LogP contribution in [-0.2, 0) is 5.41 Å². The lowest BCUT2D eigenvalue weighted by molar-refractivity contribution is 0.128. The molecule has 1 atom stereocenters. The van der Waals surface area contributed by atoms with Crippen LogP contribution >= 0.6 is 0 Å². The molecule has 1 aromatic rings. The van der Waals surface area contributed by atoms with E-state index in [1.54, 1.807) is 0 Å². The summed E-state index contributed by atoms with van der Waals surface area (Å²) in [4.78, 5) is 13.7. The molecule has 5 heteroatoms. The maximum absolute atomic E-state index is 9.22. The Kier molecular flexibility index (Phi) is 4.60. The molecule has 1 aliphatic rings. The second-order valence-electron chi connectivity index (χ2n) is 6.54. The molecule has 0 spiro atoms. The molecule has 0 bridgehead atoms. The van der Waals surface area contributed by atoms with E-state index < -0.39 is 0 Å². The Labute approximate surface area is 121 Å². The van der Waals surface area contributed by atoms with Gasteiger partial charge in [-0.2, -0.15) is 0 Å². The van der Waals surface area contributed by atoms with Gasteiger partial charge < -0.3 is 10.0 Å². The third-order valence-electron chi connectivity index (χ3n) is 3.84. The van der Waals surface area contributed by atoms with Crippen molar-refractivity contribution < 1.29 is 5.11 Å². The lowest BCUT2D eigenvalue weighted by Crippen LogP contribution is -2.50. The predicted molar refractivity (Wildman–Crippen MR) is 81.1 cm³/mol. The van der Waals surface area contributed by atoms with E-state index >= 15 is 0 Å². The molecule has 1 aliphatic heterocycles. The summed E-state index contributed by atoms with van der Waals surface area (Å²) in [5.41, 5.74) is -0.0246. The highest BCUT2D eigenvalue weighted by atomic mass is 16.3. The van der Waals surface area contributed by atoms with E-state index in [0.29, 0.717) is 0 Å². The van der Waals surface area contributed by atoms with Gasteiger partial charge in [0.15, 0.2) is 0 Å². The number of aliphatic hydroxyl groups is 1. The molecule has 1 N–H and O–H groups in total. The van der Waals surface area contributed by atoms with Crippen LogP contribution in [0, 0.1) is 0 Å². The van der Waals surface area contributed by atoms with Crippen molar-refractivity contribution in [2.24, 2.45) is 0 Å². The average molecular weight is 278 g/mol. The molecule has 2 heterocycles. The summed E-state index contributed by atoms with van der Waals surface area (Å²) in [6.45, 7) is 12.5. The Balaban J connectivity index is 2.04. The summed E-state index contributed by atoms with van der Waals surface area (Å²) in [7, 11) is 0. The zero-order chi connectivity index (χ0) is 14.8. The van der Waals surface area contributed by atoms with Gasteiger partial charge in [-0.05, 0) is 13.0 Å². The summed E-state index contributed by atoms with van der Waals surface area (Å²) in [6.07, 6.45) is 1.85. The van der Waals surface area contributed by atoms with Crippen LogP contribution in [0.4, 0.5) is 5.82 Å². The lowest BCUT2D eigenvalue weighted by Gasteiger charge is -2.38. The van der Waals surface area contributed by atoms with Gasteiger partial charge in [0.25, 0.3) is 0 Å². The maximum atomic E-state index is 9.22. The first-order chi connectivity index (χ1) is 9.41. The lowest BCUT2D eigenvalue weighted by atomic mass is 9.96. The van der Waals surface area contributed by atoms with Crippen molar-refractivity contribution in [3.8, 4) is 0 Å². The Morgan fingerprint density at radius 1 is 1.25 bits per heavy atom. The third-order valence-corrected chi connectivity index (χ3v) is 3.84. The molecule has 112 valence electrons. The van der Waals surface area contributed by atoms with Crippen LogP contribution in [0.25, 0.3) is 0 Å². The van der Waals surface area contributed by atoms with Gasteiger partial charge in [-0.1, -0.05) is 20.8 Å². The fourth-order valence-electron chi connectivity index (χ4n) is 2.39. The fourth-order valence-corrected chi connectivity index (χ4v) is 2.39. The zero-order valence-electron chi connectivity index (χ0n) is 13.0. The zero-order valence-corrected chi connectivity index (χ0v) is 13.0. The van der Waals surface area contributed by atoms with Crippen molar-refractivity contribution in [1.82, 2.24) is 14.9 Å². The van der Waals surface area contributed by atoms with E-state index in [-0.39, 0.29) is 18.1 Å². The number of hydrogen-bond donors (Lipinski definition) is 1. The van der Waals surface area contributed by atoms with Gasteiger partial charge >= 0.3 is 0 Å². The SMILES string of the molecule is C[C@H](CO)N1CCN(c2ccnc(C(C)(C)C)n2)CC1. The number of aromatic nitrogens is 2. The monoisotopic (exact) mass is 278 g/mol. The normalized spacial score (nSPS) is 19.1. The molecular formula is C15H26N4O. The van der Waals surface area contributed by atoms with E-state index in [1.807, 2.05) is 12.3 Å². The topological polar surface area (TPSA) is 52.5 Å². The second kappa shape index (κ2) is 6.06. The largest absolute Gasteiger partial charge is 0.395 e. The van der Waals surface area contributed by atoms with Crippen molar-refractivity contribution >= 4 is 5.82 Å². The average Bonchev–Trinajstić information content (AvgIpc) is 2.46. The molecule has 1 saturated heterocycles. The molecule has 0 aliphatic carbocycles. The first-order valence-corrected chi connectivity index (χ1v) is 7.35. The van der Waals surface area contributed by atoms with Crippen LogP contribution in [0.3, 0.4) is 0 Å². The smallest absolute Gasteiger partial charge is 0.135 e. The fraction of sp³-hybridized carbons (Fsp3) is 0.733. The van der Waals surface area contributed by atoms with E-state index in [4.69, 9.17) is 4.98 Å². The van der Waals surface area contributed by atoms with Crippen molar-refractivity contribution in [2.45, 2.75) is 39.2 Å². The van der Waals surface area contributed by atoms with Gasteiger partial charge in [-0.25, -0.2) is 9.97 Å². The highest BCUT2D eigenvalue weighted by Crippen LogP contribution is 2.21. The number of anilines is 1. The molecule has 5 nitrogen and oxygen atoms in total. The van der Waals surface area contributed by atoms with Crippen LogP contribution in [0.15, 0.2) is 12.3 Å². The highest BCUT2D eigenvalue weighted by Gasteiger charge is 2.23. The Hall–Kier alpha value is -1.20. The van der Waals surface area contributed by atoms with Crippen LogP contribution in [0.1, 0.15) is 33.5 Å². The van der Waals surface area contributed by atoms with E-state index in [1.165, 1.54) is 0 Å². The van der Waals surface area contributed by atoms with Gasteiger partial charge in [-0.15, -0.1) is 0 Å². The van der Waals surface area contributed by atoms with Gasteiger partial charge in [0.1, 0.15) is 11.6 Å². The molecule has 0 saturated carbocycles. The van der Waals surface area contributed by atoms with Gasteiger partial charge in [0.2, 0.25) is 0 Å². The van der Waals surface area contributed by atoms with Gasteiger partial charge in [0, 0.05) is 43.8 Å². The quantitative estimate of drug-likeness (QED) is 0.902. The minimum atomic E-state index is -0.0246. The Bertz CT molecular complexity index is 436. The molecule has 1 fully saturated rings. The minimum absolute atomic E-state index is 0.0246. The summed E-state index contributed by atoms with van der Waals surface area (Å²) < 4.78 is 0. The van der Waals surface area contributed by atoms with Gasteiger partial charge in [0.05, 0.1) is 6.61 Å². The standard InChI is InChI=1S/C15H26N4O/c1-12(11-20)18-7-9-19(10-8-18)13-5-6-16-14(17-13)15(2,3)4/h5-6,12,20H,7-11H2,1-4H3/t12-/m1/s1. The van der Waals surface area contributed by atoms with Crippen molar-refractivity contribution in [2.75, 3.05) is 37.7 Å². The molecule has 1 aromatic heterocycles. The Morgan fingerprint density at radius 2 is 1.90 bits per heavy atom. The molecule has 2 rings (SSSR count). The van der Waals surface area contributed by atoms with E-state index in [9.17, 15) is 5.11 Å². The van der Waals surface area contributed by atoms with Crippen molar-refractivity contribution in [1.29, 1.82) is 0 Å². The number of piperazine rings is 1. The summed E-state index contributed by atoms with van der Waals surface area (Å²) in [5, 5.41) is 9.22. The second-order valence-corrected chi connectivity index (χ2v) is 6.54. The van der Waals surface area contributed by atoms with Crippen LogP contribution in [-0.4, -0.2) is 58.8 Å². The molecule has 0 radical (unpaired) electrons. The summed E-state index contributed by atoms with van der Waals surface area (Å²) in [5.74, 6) is 1.90. The number of hydrogen-bond acceptors (Lipinski definition) is 5. The maximum Gasteiger partial charge on any atom is 0.135 e. The molecule has 0 amide bonds. The summed E-state index contributed by atoms with van der Waals surface area (Å²) in [6, 6.07) is 2.23. The van der Waals surface area contributed by atoms with E-state index in [2.05, 4.69) is 42.5 Å². The van der Waals surface area contributed by atoms with E-state index in [0.717, 1.165) is 37.8 Å². The highest BCUT2D eigenvalue weighted by molar-refractivity contribution is 5.38. The third kappa shape index (κ3) is 3.46. The Morgan fingerprint density at radius 3 is 2.45 bits per heavy atom. The first kappa shape index (κ1) is 15.2. The first-order valence-electron chi connectivity index (χ1n) is 7.35. The van der Waals surface area contributed by atoms with Crippen LogP contribution in [0.5, 0.6) is 0 Å². The van der Waals surface area contributed by atoms with Crippen molar-refractivity contribution in [3.63, 3.8) is 0 Å². The number of nitrogens with zero attached hydrogens (tertiary/aromatic N) is 4. The molecule has 0 unspecified atom stereocenters. The van der Waals surface area contributed by atoms with Crippen LogP contribution in [0.2, 0.25) is 0 Å².